The predicted molar refractivity (Wildman–Crippen MR) is 153 cm³/mol. The number of amides is 1. The first-order chi connectivity index (χ1) is 17.9. The van der Waals surface area contributed by atoms with Crippen molar-refractivity contribution in [2.45, 2.75) is 38.6 Å². The number of rotatable bonds is 5. The lowest BCUT2D eigenvalue weighted by atomic mass is 10.0. The minimum absolute atomic E-state index is 0.167. The van der Waals surface area contributed by atoms with Crippen LogP contribution in [0.2, 0.25) is 15.1 Å². The van der Waals surface area contributed by atoms with Crippen molar-refractivity contribution < 1.29 is 4.79 Å². The van der Waals surface area contributed by atoms with Crippen molar-refractivity contribution in [3.8, 4) is 5.69 Å². The molecule has 1 atom stereocenters. The highest BCUT2D eigenvalue weighted by molar-refractivity contribution is 6.34. The van der Waals surface area contributed by atoms with Gasteiger partial charge in [0.1, 0.15) is 0 Å². The molecule has 37 heavy (non-hydrogen) atoms. The van der Waals surface area contributed by atoms with Gasteiger partial charge < -0.3 is 5.32 Å². The van der Waals surface area contributed by atoms with Gasteiger partial charge in [-0.25, -0.2) is 4.68 Å². The number of halogens is 3. The third kappa shape index (κ3) is 5.62. The van der Waals surface area contributed by atoms with E-state index in [0.29, 0.717) is 26.4 Å². The van der Waals surface area contributed by atoms with E-state index in [9.17, 15) is 4.79 Å². The monoisotopic (exact) mass is 549 g/mol. The molecule has 3 aromatic carbocycles. The lowest BCUT2D eigenvalue weighted by Crippen LogP contribution is -2.28. The highest BCUT2D eigenvalue weighted by Gasteiger charge is 2.29. The van der Waals surface area contributed by atoms with Crippen LogP contribution in [0.3, 0.4) is 0 Å². The molecule has 7 heteroatoms. The van der Waals surface area contributed by atoms with E-state index < -0.39 is 0 Å². The zero-order valence-electron chi connectivity index (χ0n) is 20.3. The van der Waals surface area contributed by atoms with Crippen molar-refractivity contribution in [1.29, 1.82) is 0 Å². The van der Waals surface area contributed by atoms with Crippen LogP contribution >= 0.6 is 34.8 Å². The highest BCUT2D eigenvalue weighted by atomic mass is 35.5. The van der Waals surface area contributed by atoms with E-state index >= 15 is 0 Å². The molecule has 188 valence electrons. The normalized spacial score (nSPS) is 15.2. The molecule has 0 saturated carbocycles. The summed E-state index contributed by atoms with van der Waals surface area (Å²) in [6.45, 7) is 1.97. The maximum absolute atomic E-state index is 13.6. The number of carbonyl (C=O) groups excluding carboxylic acids is 1. The zero-order valence-corrected chi connectivity index (χ0v) is 22.6. The fourth-order valence-electron chi connectivity index (χ4n) is 4.75. The summed E-state index contributed by atoms with van der Waals surface area (Å²) in [7, 11) is 0. The predicted octanol–water partition coefficient (Wildman–Crippen LogP) is 8.59. The minimum atomic E-state index is -0.211. The summed E-state index contributed by atoms with van der Waals surface area (Å²) in [5, 5.41) is 9.73. The quantitative estimate of drug-likeness (QED) is 0.253. The van der Waals surface area contributed by atoms with Gasteiger partial charge in [-0.1, -0.05) is 77.3 Å². The molecular formula is C30H26Cl3N3O. The van der Waals surface area contributed by atoms with E-state index in [1.165, 1.54) is 0 Å². The number of aromatic nitrogens is 2. The highest BCUT2D eigenvalue weighted by Crippen LogP contribution is 2.37. The second-order valence-corrected chi connectivity index (χ2v) is 10.5. The third-order valence-corrected chi connectivity index (χ3v) is 7.43. The van der Waals surface area contributed by atoms with Crippen LogP contribution in [0.1, 0.15) is 65.1 Å². The average molecular weight is 551 g/mol. The van der Waals surface area contributed by atoms with Crippen molar-refractivity contribution in [3.05, 3.63) is 116 Å². The summed E-state index contributed by atoms with van der Waals surface area (Å²) in [6, 6.07) is 22.7. The van der Waals surface area contributed by atoms with Crippen LogP contribution in [0.4, 0.5) is 0 Å². The number of allylic oxidation sites excluding steroid dienone is 1. The smallest absolute Gasteiger partial charge is 0.272 e. The van der Waals surface area contributed by atoms with Gasteiger partial charge in [-0.2, -0.15) is 5.10 Å². The van der Waals surface area contributed by atoms with Crippen molar-refractivity contribution in [2.24, 2.45) is 0 Å². The van der Waals surface area contributed by atoms with Gasteiger partial charge in [-0.15, -0.1) is 0 Å². The van der Waals surface area contributed by atoms with Crippen LogP contribution in [0.25, 0.3) is 17.3 Å². The summed E-state index contributed by atoms with van der Waals surface area (Å²) in [4.78, 5) is 13.6. The fraction of sp³-hybridized carbons (Fsp3) is 0.200. The Balaban J connectivity index is 1.65. The molecule has 4 nitrogen and oxygen atoms in total. The first kappa shape index (κ1) is 25.6. The number of nitrogens with zero attached hydrogens (tertiary/aromatic N) is 2. The molecule has 1 amide bonds. The van der Waals surface area contributed by atoms with Gasteiger partial charge in [0.2, 0.25) is 0 Å². The molecule has 4 aromatic rings. The van der Waals surface area contributed by atoms with Crippen molar-refractivity contribution in [3.63, 3.8) is 0 Å². The van der Waals surface area contributed by atoms with Gasteiger partial charge in [0.25, 0.3) is 5.91 Å². The molecule has 0 radical (unpaired) electrons. The molecule has 0 bridgehead atoms. The van der Waals surface area contributed by atoms with E-state index in [0.717, 1.165) is 53.6 Å². The second kappa shape index (κ2) is 11.1. The van der Waals surface area contributed by atoms with Crippen LogP contribution < -0.4 is 5.32 Å². The molecule has 0 unspecified atom stereocenters. The molecule has 0 spiro atoms. The fourth-order valence-corrected chi connectivity index (χ4v) is 5.24. The van der Waals surface area contributed by atoms with E-state index in [2.05, 4.69) is 11.4 Å². The Labute approximate surface area is 231 Å². The Morgan fingerprint density at radius 1 is 0.946 bits per heavy atom. The summed E-state index contributed by atoms with van der Waals surface area (Å²) in [5.74, 6) is -0.211. The summed E-state index contributed by atoms with van der Waals surface area (Å²) < 4.78 is 1.79. The molecule has 0 saturated heterocycles. The summed E-state index contributed by atoms with van der Waals surface area (Å²) in [6.07, 6.45) is 5.69. The average Bonchev–Trinajstić information content (AvgIpc) is 3.16. The molecule has 1 aliphatic carbocycles. The van der Waals surface area contributed by atoms with Crippen LogP contribution in [-0.2, 0) is 6.42 Å². The Bertz CT molecular complexity index is 1460. The van der Waals surface area contributed by atoms with Crippen LogP contribution in [0, 0.1) is 0 Å². The van der Waals surface area contributed by atoms with Crippen LogP contribution in [0.5, 0.6) is 0 Å². The zero-order chi connectivity index (χ0) is 25.9. The number of carbonyl (C=O) groups is 1. The van der Waals surface area contributed by atoms with Gasteiger partial charge in [0, 0.05) is 15.6 Å². The maximum Gasteiger partial charge on any atom is 0.272 e. The van der Waals surface area contributed by atoms with E-state index in [-0.39, 0.29) is 11.9 Å². The molecule has 0 aliphatic heterocycles. The van der Waals surface area contributed by atoms with Gasteiger partial charge >= 0.3 is 0 Å². The van der Waals surface area contributed by atoms with Crippen molar-refractivity contribution >= 4 is 52.4 Å². The molecule has 1 heterocycles. The van der Waals surface area contributed by atoms with Gasteiger partial charge in [-0.3, -0.25) is 4.79 Å². The molecule has 5 rings (SSSR count). The summed E-state index contributed by atoms with van der Waals surface area (Å²) in [5.41, 5.74) is 6.03. The maximum atomic E-state index is 13.6. The first-order valence-electron chi connectivity index (χ1n) is 12.3. The number of hydrogen-bond acceptors (Lipinski definition) is 2. The largest absolute Gasteiger partial charge is 0.344 e. The molecule has 1 aromatic heterocycles. The SMILES string of the molecule is C[C@@H](NC(=O)c1nn(-c2cc(Cl)ccc2Cl)c2c1CCCCC2=Cc1ccc(Cl)cc1)c1ccccc1. The Kier molecular flexibility index (Phi) is 7.71. The summed E-state index contributed by atoms with van der Waals surface area (Å²) >= 11 is 19.1. The molecule has 1 N–H and O–H groups in total. The number of nitrogens with one attached hydrogen (secondary N) is 1. The Morgan fingerprint density at radius 3 is 2.41 bits per heavy atom. The molecule has 1 aliphatic rings. The lowest BCUT2D eigenvalue weighted by Gasteiger charge is -2.14. The molecule has 0 fully saturated rings. The van der Waals surface area contributed by atoms with Crippen molar-refractivity contribution in [1.82, 2.24) is 15.1 Å². The third-order valence-electron chi connectivity index (χ3n) is 6.62. The topological polar surface area (TPSA) is 46.9 Å². The van der Waals surface area contributed by atoms with Gasteiger partial charge in [0.15, 0.2) is 5.69 Å². The van der Waals surface area contributed by atoms with Gasteiger partial charge in [-0.05, 0) is 85.7 Å². The lowest BCUT2D eigenvalue weighted by molar-refractivity contribution is 0.0933. The number of fused-ring (bicyclic) bond motifs is 1. The molecular weight excluding hydrogens is 525 g/mol. The number of benzene rings is 3. The number of hydrogen-bond donors (Lipinski definition) is 1. The van der Waals surface area contributed by atoms with E-state index in [4.69, 9.17) is 39.9 Å². The second-order valence-electron chi connectivity index (χ2n) is 9.22. The Hall–Kier alpha value is -3.05. The van der Waals surface area contributed by atoms with Gasteiger partial charge in [0.05, 0.1) is 22.4 Å². The first-order valence-corrected chi connectivity index (χ1v) is 13.4. The standard InChI is InChI=1S/C30H26Cl3N3O/c1-19(21-7-3-2-4-8-21)34-30(37)28-25-10-6-5-9-22(17-20-11-13-23(31)14-12-20)29(25)36(35-28)27-18-24(32)15-16-26(27)33/h2-4,7-8,11-19H,5-6,9-10H2,1H3,(H,34,37)/t19-/m1/s1. The van der Waals surface area contributed by atoms with Crippen LogP contribution in [-0.4, -0.2) is 15.7 Å². The minimum Gasteiger partial charge on any atom is -0.344 e. The van der Waals surface area contributed by atoms with E-state index in [1.54, 1.807) is 22.9 Å². The van der Waals surface area contributed by atoms with Crippen LogP contribution in [0.15, 0.2) is 72.8 Å². The Morgan fingerprint density at radius 2 is 1.65 bits per heavy atom. The van der Waals surface area contributed by atoms with Crippen molar-refractivity contribution in [2.75, 3.05) is 0 Å². The van der Waals surface area contributed by atoms with E-state index in [1.807, 2.05) is 61.5 Å².